The monoisotopic (exact) mass is 382 g/mol. The summed E-state index contributed by atoms with van der Waals surface area (Å²) in [5, 5.41) is 0. The fourth-order valence-electron chi connectivity index (χ4n) is 2.79. The molecule has 0 aliphatic heterocycles. The Morgan fingerprint density at radius 3 is 2.11 bits per heavy atom. The maximum absolute atomic E-state index is 12.6. The molecule has 27 heavy (non-hydrogen) atoms. The van der Waals surface area contributed by atoms with Gasteiger partial charge in [-0.1, -0.05) is 18.2 Å². The number of nitrogens with zero attached hydrogens (tertiary/aromatic N) is 1. The molecule has 3 aromatic carbocycles. The first-order valence-electron chi connectivity index (χ1n) is 8.47. The van der Waals surface area contributed by atoms with Crippen molar-refractivity contribution in [1.82, 2.24) is 0 Å². The van der Waals surface area contributed by atoms with Crippen LogP contribution in [0.25, 0.3) is 0 Å². The number of benzene rings is 3. The quantitative estimate of drug-likeness (QED) is 0.678. The van der Waals surface area contributed by atoms with E-state index in [1.54, 1.807) is 31.4 Å². The van der Waals surface area contributed by atoms with Crippen molar-refractivity contribution >= 4 is 27.1 Å². The van der Waals surface area contributed by atoms with Crippen molar-refractivity contribution in [2.75, 3.05) is 23.8 Å². The van der Waals surface area contributed by atoms with Gasteiger partial charge in [0.25, 0.3) is 10.0 Å². The number of aryl methyl sites for hydroxylation is 1. The van der Waals surface area contributed by atoms with E-state index >= 15 is 0 Å². The molecule has 0 saturated heterocycles. The second kappa shape index (κ2) is 7.72. The molecule has 0 atom stereocenters. The van der Waals surface area contributed by atoms with Crippen molar-refractivity contribution in [2.24, 2.45) is 0 Å². The lowest BCUT2D eigenvalue weighted by Crippen LogP contribution is -2.13. The highest BCUT2D eigenvalue weighted by molar-refractivity contribution is 7.92. The SMILES string of the molecule is COc1ccc(S(=O)(=O)Nc2ccc(N(C)c3ccccc3)cc2)cc1C. The Bertz CT molecular complexity index is 1020. The number of rotatable bonds is 6. The van der Waals surface area contributed by atoms with Crippen LogP contribution in [0.1, 0.15) is 5.56 Å². The molecule has 3 aromatic rings. The van der Waals surface area contributed by atoms with Crippen LogP contribution in [-0.4, -0.2) is 22.6 Å². The predicted molar refractivity (Wildman–Crippen MR) is 109 cm³/mol. The summed E-state index contributed by atoms with van der Waals surface area (Å²) in [5.41, 5.74) is 3.29. The summed E-state index contributed by atoms with van der Waals surface area (Å²) in [6, 6.07) is 22.0. The molecule has 0 aliphatic carbocycles. The van der Waals surface area contributed by atoms with Crippen LogP contribution in [0.4, 0.5) is 17.1 Å². The smallest absolute Gasteiger partial charge is 0.261 e. The van der Waals surface area contributed by atoms with Crippen molar-refractivity contribution in [1.29, 1.82) is 0 Å². The molecule has 0 aromatic heterocycles. The van der Waals surface area contributed by atoms with E-state index in [1.807, 2.05) is 61.3 Å². The summed E-state index contributed by atoms with van der Waals surface area (Å²) in [5.74, 6) is 0.655. The molecule has 0 heterocycles. The van der Waals surface area contributed by atoms with E-state index in [0.717, 1.165) is 16.9 Å². The molecule has 0 fully saturated rings. The van der Waals surface area contributed by atoms with E-state index in [4.69, 9.17) is 4.74 Å². The van der Waals surface area contributed by atoms with Gasteiger partial charge in [0.15, 0.2) is 0 Å². The maximum atomic E-state index is 12.6. The average Bonchev–Trinajstić information content (AvgIpc) is 2.68. The van der Waals surface area contributed by atoms with Gasteiger partial charge in [0, 0.05) is 24.1 Å². The van der Waals surface area contributed by atoms with Gasteiger partial charge in [-0.25, -0.2) is 8.42 Å². The van der Waals surface area contributed by atoms with Crippen LogP contribution in [0.2, 0.25) is 0 Å². The van der Waals surface area contributed by atoms with Gasteiger partial charge in [0.2, 0.25) is 0 Å². The van der Waals surface area contributed by atoms with Crippen LogP contribution < -0.4 is 14.4 Å². The first kappa shape index (κ1) is 18.8. The van der Waals surface area contributed by atoms with Gasteiger partial charge in [-0.2, -0.15) is 0 Å². The zero-order valence-corrected chi connectivity index (χ0v) is 16.3. The average molecular weight is 382 g/mol. The number of methoxy groups -OCH3 is 1. The molecule has 0 bridgehead atoms. The van der Waals surface area contributed by atoms with Gasteiger partial charge in [0.1, 0.15) is 5.75 Å². The molecule has 0 unspecified atom stereocenters. The molecule has 1 N–H and O–H groups in total. The number of hydrogen-bond acceptors (Lipinski definition) is 4. The molecular weight excluding hydrogens is 360 g/mol. The van der Waals surface area contributed by atoms with Gasteiger partial charge in [0.05, 0.1) is 12.0 Å². The Morgan fingerprint density at radius 1 is 0.889 bits per heavy atom. The van der Waals surface area contributed by atoms with Crippen LogP contribution in [0.15, 0.2) is 77.7 Å². The third-order valence-electron chi connectivity index (χ3n) is 4.33. The Kier molecular flexibility index (Phi) is 5.37. The van der Waals surface area contributed by atoms with E-state index in [1.165, 1.54) is 6.07 Å². The van der Waals surface area contributed by atoms with E-state index < -0.39 is 10.0 Å². The highest BCUT2D eigenvalue weighted by Crippen LogP contribution is 2.26. The number of anilines is 3. The molecule has 3 rings (SSSR count). The predicted octanol–water partition coefficient (Wildman–Crippen LogP) is 4.57. The highest BCUT2D eigenvalue weighted by atomic mass is 32.2. The van der Waals surface area contributed by atoms with Crippen molar-refractivity contribution in [3.8, 4) is 5.75 Å². The minimum absolute atomic E-state index is 0.200. The van der Waals surface area contributed by atoms with Crippen LogP contribution in [0.3, 0.4) is 0 Å². The molecule has 0 radical (unpaired) electrons. The summed E-state index contributed by atoms with van der Waals surface area (Å²) < 4.78 is 33.1. The molecule has 5 nitrogen and oxygen atoms in total. The molecular formula is C21H22N2O3S. The van der Waals surface area contributed by atoms with Gasteiger partial charge in [-0.15, -0.1) is 0 Å². The molecule has 0 amide bonds. The zero-order chi connectivity index (χ0) is 19.4. The summed E-state index contributed by atoms with van der Waals surface area (Å²) in [6.45, 7) is 1.81. The fraction of sp³-hybridized carbons (Fsp3) is 0.143. The van der Waals surface area contributed by atoms with E-state index in [9.17, 15) is 8.42 Å². The van der Waals surface area contributed by atoms with Crippen LogP contribution in [-0.2, 0) is 10.0 Å². The first-order valence-corrected chi connectivity index (χ1v) is 9.95. The third-order valence-corrected chi connectivity index (χ3v) is 5.71. The summed E-state index contributed by atoms with van der Waals surface area (Å²) >= 11 is 0. The molecule has 140 valence electrons. The second-order valence-corrected chi connectivity index (χ2v) is 7.86. The minimum Gasteiger partial charge on any atom is -0.496 e. The number of hydrogen-bond donors (Lipinski definition) is 1. The van der Waals surface area contributed by atoms with Gasteiger partial charge < -0.3 is 9.64 Å². The van der Waals surface area contributed by atoms with Crippen molar-refractivity contribution in [3.63, 3.8) is 0 Å². The summed E-state index contributed by atoms with van der Waals surface area (Å²) in [7, 11) is -0.140. The zero-order valence-electron chi connectivity index (χ0n) is 15.5. The normalized spacial score (nSPS) is 11.1. The summed E-state index contributed by atoms with van der Waals surface area (Å²) in [6.07, 6.45) is 0. The number of nitrogens with one attached hydrogen (secondary N) is 1. The van der Waals surface area contributed by atoms with Crippen molar-refractivity contribution in [2.45, 2.75) is 11.8 Å². The van der Waals surface area contributed by atoms with Crippen molar-refractivity contribution in [3.05, 3.63) is 78.4 Å². The topological polar surface area (TPSA) is 58.6 Å². The molecule has 0 aliphatic rings. The number of para-hydroxylation sites is 1. The van der Waals surface area contributed by atoms with E-state index in [2.05, 4.69) is 4.72 Å². The van der Waals surface area contributed by atoms with Gasteiger partial charge in [-0.05, 0) is 67.1 Å². The Morgan fingerprint density at radius 2 is 1.52 bits per heavy atom. The lowest BCUT2D eigenvalue weighted by molar-refractivity contribution is 0.411. The molecule has 0 saturated carbocycles. The molecule has 0 spiro atoms. The van der Waals surface area contributed by atoms with Crippen LogP contribution in [0, 0.1) is 6.92 Å². The maximum Gasteiger partial charge on any atom is 0.261 e. The minimum atomic E-state index is -3.67. The van der Waals surface area contributed by atoms with Crippen molar-refractivity contribution < 1.29 is 13.2 Å². The Hall–Kier alpha value is -2.99. The Balaban J connectivity index is 1.78. The standard InChI is InChI=1S/C21H22N2O3S/c1-16-15-20(13-14-21(16)26-3)27(24,25)22-17-9-11-19(12-10-17)23(2)18-7-5-4-6-8-18/h4-15,22H,1-3H3. The first-order chi connectivity index (χ1) is 12.9. The molecule has 6 heteroatoms. The fourth-order valence-corrected chi connectivity index (χ4v) is 3.93. The second-order valence-electron chi connectivity index (χ2n) is 6.18. The number of sulfonamides is 1. The number of ether oxygens (including phenoxy) is 1. The van der Waals surface area contributed by atoms with E-state index in [0.29, 0.717) is 11.4 Å². The largest absolute Gasteiger partial charge is 0.496 e. The highest BCUT2D eigenvalue weighted by Gasteiger charge is 2.16. The third kappa shape index (κ3) is 4.23. The van der Waals surface area contributed by atoms with E-state index in [-0.39, 0.29) is 4.90 Å². The van der Waals surface area contributed by atoms with Gasteiger partial charge in [-0.3, -0.25) is 4.72 Å². The van der Waals surface area contributed by atoms with Gasteiger partial charge >= 0.3 is 0 Å². The Labute approximate surface area is 160 Å². The lowest BCUT2D eigenvalue weighted by Gasteiger charge is -2.20. The summed E-state index contributed by atoms with van der Waals surface area (Å²) in [4.78, 5) is 2.23. The van der Waals surface area contributed by atoms with Crippen LogP contribution in [0.5, 0.6) is 5.75 Å². The lowest BCUT2D eigenvalue weighted by atomic mass is 10.2. The van der Waals surface area contributed by atoms with Crippen LogP contribution >= 0.6 is 0 Å².